The van der Waals surface area contributed by atoms with Crippen molar-refractivity contribution in [1.82, 2.24) is 19.9 Å². The number of aromatic nitrogens is 3. The van der Waals surface area contributed by atoms with Crippen molar-refractivity contribution in [2.75, 3.05) is 25.0 Å². The zero-order valence-electron chi connectivity index (χ0n) is 14.9. The Morgan fingerprint density at radius 1 is 1.23 bits per heavy atom. The van der Waals surface area contributed by atoms with Gasteiger partial charge in [0.2, 0.25) is 5.95 Å². The SMILES string of the molecule is CN(Cc1ccccn1)C(=O)[C@@H]1C[C@@H]2CCN(c3ncccn3)C[C@H]2O1. The second kappa shape index (κ2) is 7.37. The minimum Gasteiger partial charge on any atom is -0.363 e. The number of carbonyl (C=O) groups excluding carboxylic acids is 1. The van der Waals surface area contributed by atoms with Gasteiger partial charge in [0, 0.05) is 38.7 Å². The summed E-state index contributed by atoms with van der Waals surface area (Å²) in [6, 6.07) is 7.55. The molecule has 136 valence electrons. The number of hydrogen-bond donors (Lipinski definition) is 0. The van der Waals surface area contributed by atoms with Crippen molar-refractivity contribution in [1.29, 1.82) is 0 Å². The number of ether oxygens (including phenoxy) is 1. The summed E-state index contributed by atoms with van der Waals surface area (Å²) in [6.07, 6.45) is 6.73. The van der Waals surface area contributed by atoms with Crippen LogP contribution in [0.25, 0.3) is 0 Å². The molecule has 3 atom stereocenters. The van der Waals surface area contributed by atoms with Crippen molar-refractivity contribution in [3.8, 4) is 0 Å². The molecule has 2 fully saturated rings. The van der Waals surface area contributed by atoms with Gasteiger partial charge in [-0.1, -0.05) is 6.07 Å². The topological polar surface area (TPSA) is 71.5 Å². The van der Waals surface area contributed by atoms with Crippen LogP contribution in [-0.2, 0) is 16.1 Å². The Labute approximate surface area is 153 Å². The first-order chi connectivity index (χ1) is 12.7. The lowest BCUT2D eigenvalue weighted by atomic mass is 9.92. The summed E-state index contributed by atoms with van der Waals surface area (Å²) >= 11 is 0. The Morgan fingerprint density at radius 3 is 2.81 bits per heavy atom. The van der Waals surface area contributed by atoms with Crippen molar-refractivity contribution >= 4 is 11.9 Å². The molecule has 4 rings (SSSR count). The van der Waals surface area contributed by atoms with E-state index in [4.69, 9.17) is 4.74 Å². The predicted octanol–water partition coefficient (Wildman–Crippen LogP) is 1.51. The molecule has 7 nitrogen and oxygen atoms in total. The Balaban J connectivity index is 1.36. The first kappa shape index (κ1) is 16.9. The third-order valence-electron chi connectivity index (χ3n) is 5.16. The largest absolute Gasteiger partial charge is 0.363 e. The summed E-state index contributed by atoms with van der Waals surface area (Å²) in [5, 5.41) is 0. The van der Waals surface area contributed by atoms with Crippen LogP contribution in [0.1, 0.15) is 18.5 Å². The first-order valence-corrected chi connectivity index (χ1v) is 9.03. The van der Waals surface area contributed by atoms with Crippen LogP contribution in [0, 0.1) is 5.92 Å². The molecule has 0 N–H and O–H groups in total. The molecule has 0 unspecified atom stereocenters. The molecule has 26 heavy (non-hydrogen) atoms. The van der Waals surface area contributed by atoms with Gasteiger partial charge in [-0.3, -0.25) is 9.78 Å². The van der Waals surface area contributed by atoms with Crippen LogP contribution in [0.2, 0.25) is 0 Å². The maximum Gasteiger partial charge on any atom is 0.251 e. The maximum absolute atomic E-state index is 12.8. The summed E-state index contributed by atoms with van der Waals surface area (Å²) in [6.45, 7) is 2.14. The molecule has 0 spiro atoms. The number of hydrogen-bond acceptors (Lipinski definition) is 6. The number of amides is 1. The average Bonchev–Trinajstić information content (AvgIpc) is 3.12. The van der Waals surface area contributed by atoms with Gasteiger partial charge in [-0.15, -0.1) is 0 Å². The van der Waals surface area contributed by atoms with Gasteiger partial charge in [-0.05, 0) is 37.0 Å². The lowest BCUT2D eigenvalue weighted by molar-refractivity contribution is -0.142. The molecular formula is C19H23N5O2. The molecule has 0 aliphatic carbocycles. The molecule has 2 aliphatic heterocycles. The quantitative estimate of drug-likeness (QED) is 0.830. The third kappa shape index (κ3) is 3.53. The number of rotatable bonds is 4. The minimum atomic E-state index is -0.365. The lowest BCUT2D eigenvalue weighted by Crippen LogP contribution is -2.43. The minimum absolute atomic E-state index is 0.0348. The number of likely N-dealkylation sites (N-methyl/N-ethyl adjacent to an activating group) is 1. The second-order valence-electron chi connectivity index (χ2n) is 6.96. The highest BCUT2D eigenvalue weighted by Crippen LogP contribution is 2.34. The molecule has 2 aromatic heterocycles. The molecule has 0 bridgehead atoms. The fourth-order valence-electron chi connectivity index (χ4n) is 3.78. The maximum atomic E-state index is 12.8. The van der Waals surface area contributed by atoms with Crippen molar-refractivity contribution in [3.05, 3.63) is 48.5 Å². The van der Waals surface area contributed by atoms with Crippen molar-refractivity contribution in [2.45, 2.75) is 31.6 Å². The van der Waals surface area contributed by atoms with Gasteiger partial charge < -0.3 is 14.5 Å². The Hall–Kier alpha value is -2.54. The molecule has 2 saturated heterocycles. The van der Waals surface area contributed by atoms with Gasteiger partial charge in [0.1, 0.15) is 6.10 Å². The predicted molar refractivity (Wildman–Crippen MR) is 96.3 cm³/mol. The summed E-state index contributed by atoms with van der Waals surface area (Å²) in [5.74, 6) is 1.19. The molecular weight excluding hydrogens is 330 g/mol. The summed E-state index contributed by atoms with van der Waals surface area (Å²) < 4.78 is 6.13. The number of anilines is 1. The van der Waals surface area contributed by atoms with E-state index in [2.05, 4.69) is 19.9 Å². The van der Waals surface area contributed by atoms with Gasteiger partial charge in [-0.25, -0.2) is 9.97 Å². The first-order valence-electron chi connectivity index (χ1n) is 9.03. The van der Waals surface area contributed by atoms with Crippen molar-refractivity contribution in [2.24, 2.45) is 5.92 Å². The van der Waals surface area contributed by atoms with Crippen LogP contribution >= 0.6 is 0 Å². The molecule has 0 aromatic carbocycles. The Kier molecular flexibility index (Phi) is 4.79. The summed E-state index contributed by atoms with van der Waals surface area (Å²) in [5.41, 5.74) is 0.881. The normalized spacial score (nSPS) is 25.0. The standard InChI is InChI=1S/C19H23N5O2/c1-23(12-15-5-2-3-7-20-15)18(25)16-11-14-6-10-24(13-17(14)26-16)19-21-8-4-9-22-19/h2-5,7-9,14,16-17H,6,10-13H2,1H3/t14-,16-,17+/m0/s1. The van der Waals surface area contributed by atoms with Crippen molar-refractivity contribution < 1.29 is 9.53 Å². The highest BCUT2D eigenvalue weighted by atomic mass is 16.5. The van der Waals surface area contributed by atoms with E-state index in [9.17, 15) is 4.79 Å². The van der Waals surface area contributed by atoms with E-state index in [1.807, 2.05) is 31.3 Å². The highest BCUT2D eigenvalue weighted by Gasteiger charge is 2.43. The van der Waals surface area contributed by atoms with Gasteiger partial charge in [0.25, 0.3) is 5.91 Å². The molecule has 7 heteroatoms. The zero-order valence-corrected chi connectivity index (χ0v) is 14.9. The van der Waals surface area contributed by atoms with Crippen LogP contribution in [-0.4, -0.2) is 58.1 Å². The van der Waals surface area contributed by atoms with E-state index in [-0.39, 0.29) is 18.1 Å². The zero-order chi connectivity index (χ0) is 17.9. The van der Waals surface area contributed by atoms with E-state index in [0.29, 0.717) is 12.5 Å². The van der Waals surface area contributed by atoms with Crippen LogP contribution < -0.4 is 4.90 Å². The number of piperidine rings is 1. The number of nitrogens with zero attached hydrogens (tertiary/aromatic N) is 5. The summed E-state index contributed by atoms with van der Waals surface area (Å²) in [7, 11) is 1.81. The monoisotopic (exact) mass is 353 g/mol. The molecule has 0 radical (unpaired) electrons. The van der Waals surface area contributed by atoms with E-state index in [1.54, 1.807) is 23.5 Å². The molecule has 2 aliphatic rings. The Morgan fingerprint density at radius 2 is 2.04 bits per heavy atom. The molecule has 0 saturated carbocycles. The number of carbonyl (C=O) groups is 1. The lowest BCUT2D eigenvalue weighted by Gasteiger charge is -2.33. The van der Waals surface area contributed by atoms with Gasteiger partial charge in [0.15, 0.2) is 0 Å². The highest BCUT2D eigenvalue weighted by molar-refractivity contribution is 5.81. The molecule has 1 amide bonds. The van der Waals surface area contributed by atoms with Crippen LogP contribution in [0.3, 0.4) is 0 Å². The average molecular weight is 353 g/mol. The van der Waals surface area contributed by atoms with E-state index in [1.165, 1.54) is 0 Å². The van der Waals surface area contributed by atoms with Crippen LogP contribution in [0.5, 0.6) is 0 Å². The molecule has 2 aromatic rings. The number of fused-ring (bicyclic) bond motifs is 1. The van der Waals surface area contributed by atoms with Gasteiger partial charge >= 0.3 is 0 Å². The van der Waals surface area contributed by atoms with E-state index in [0.717, 1.165) is 37.6 Å². The fraction of sp³-hybridized carbons (Fsp3) is 0.474. The third-order valence-corrected chi connectivity index (χ3v) is 5.16. The van der Waals surface area contributed by atoms with Crippen LogP contribution in [0.4, 0.5) is 5.95 Å². The van der Waals surface area contributed by atoms with Gasteiger partial charge in [-0.2, -0.15) is 0 Å². The van der Waals surface area contributed by atoms with Crippen molar-refractivity contribution in [3.63, 3.8) is 0 Å². The number of pyridine rings is 1. The van der Waals surface area contributed by atoms with E-state index >= 15 is 0 Å². The fourth-order valence-corrected chi connectivity index (χ4v) is 3.78. The smallest absolute Gasteiger partial charge is 0.251 e. The Bertz CT molecular complexity index is 742. The molecule has 4 heterocycles. The van der Waals surface area contributed by atoms with Gasteiger partial charge in [0.05, 0.1) is 18.3 Å². The second-order valence-corrected chi connectivity index (χ2v) is 6.96. The van der Waals surface area contributed by atoms with E-state index < -0.39 is 0 Å². The van der Waals surface area contributed by atoms with Crippen LogP contribution in [0.15, 0.2) is 42.9 Å². The summed E-state index contributed by atoms with van der Waals surface area (Å²) in [4.78, 5) is 29.6.